The molecular formula is C62H39NO2. The van der Waals surface area contributed by atoms with E-state index in [-0.39, 0.29) is 0 Å². The number of ether oxygens (including phenoxy) is 2. The van der Waals surface area contributed by atoms with Gasteiger partial charge in [-0.1, -0.05) is 194 Å². The SMILES string of the molecule is c1ccc(-c2ccccc2N(c2ccc3c(c2)C2(c4ccccc4Oc4ccccc42)c2ccccc2-3)c2cccc3c2Oc2ccccc2C32c3ccccc3-c3ccccc32)cc1. The highest BCUT2D eigenvalue weighted by molar-refractivity contribution is 5.96. The van der Waals surface area contributed by atoms with Gasteiger partial charge in [-0.2, -0.15) is 0 Å². The first-order chi connectivity index (χ1) is 32.3. The molecule has 0 saturated carbocycles. The van der Waals surface area contributed by atoms with Crippen LogP contribution in [0, 0.1) is 0 Å². The number of fused-ring (bicyclic) bond motifs is 18. The van der Waals surface area contributed by atoms with E-state index in [1.54, 1.807) is 0 Å². The molecule has 2 aliphatic heterocycles. The van der Waals surface area contributed by atoms with Crippen LogP contribution in [-0.2, 0) is 10.8 Å². The van der Waals surface area contributed by atoms with Crippen molar-refractivity contribution in [3.63, 3.8) is 0 Å². The second-order valence-corrected chi connectivity index (χ2v) is 17.4. The van der Waals surface area contributed by atoms with E-state index in [1.165, 1.54) is 44.5 Å². The molecule has 14 rings (SSSR count). The van der Waals surface area contributed by atoms with Gasteiger partial charge in [0.2, 0.25) is 0 Å². The average Bonchev–Trinajstić information content (AvgIpc) is 3.83. The summed E-state index contributed by atoms with van der Waals surface area (Å²) in [6, 6.07) is 86.0. The Morgan fingerprint density at radius 3 is 1.28 bits per heavy atom. The maximum atomic E-state index is 7.38. The molecule has 0 radical (unpaired) electrons. The summed E-state index contributed by atoms with van der Waals surface area (Å²) in [6.45, 7) is 0. The van der Waals surface area contributed by atoms with Gasteiger partial charge in [-0.3, -0.25) is 0 Å². The van der Waals surface area contributed by atoms with Gasteiger partial charge in [-0.05, 0) is 92.5 Å². The first kappa shape index (κ1) is 36.1. The fourth-order valence-corrected chi connectivity index (χ4v) is 12.0. The molecule has 304 valence electrons. The highest BCUT2D eigenvalue weighted by atomic mass is 16.5. The molecule has 4 aliphatic rings. The van der Waals surface area contributed by atoms with Crippen LogP contribution in [0.25, 0.3) is 33.4 Å². The van der Waals surface area contributed by atoms with Gasteiger partial charge in [0.15, 0.2) is 5.75 Å². The lowest BCUT2D eigenvalue weighted by Gasteiger charge is -2.41. The van der Waals surface area contributed by atoms with E-state index in [0.29, 0.717) is 0 Å². The fourth-order valence-electron chi connectivity index (χ4n) is 12.0. The molecule has 2 spiro atoms. The molecular weight excluding hydrogens is 791 g/mol. The zero-order valence-corrected chi connectivity index (χ0v) is 35.3. The second kappa shape index (κ2) is 13.6. The Morgan fingerprint density at radius 2 is 0.692 bits per heavy atom. The maximum absolute atomic E-state index is 7.38. The summed E-state index contributed by atoms with van der Waals surface area (Å²) < 4.78 is 14.1. The molecule has 0 bridgehead atoms. The van der Waals surface area contributed by atoms with Gasteiger partial charge in [0, 0.05) is 33.5 Å². The normalized spacial score (nSPS) is 14.3. The summed E-state index contributed by atoms with van der Waals surface area (Å²) in [5.41, 5.74) is 18.5. The number of hydrogen-bond acceptors (Lipinski definition) is 3. The maximum Gasteiger partial charge on any atom is 0.156 e. The highest BCUT2D eigenvalue weighted by Gasteiger charge is 2.53. The summed E-state index contributed by atoms with van der Waals surface area (Å²) in [6.07, 6.45) is 0. The Labute approximate surface area is 378 Å². The number of hydrogen-bond donors (Lipinski definition) is 0. The van der Waals surface area contributed by atoms with Crippen molar-refractivity contribution in [2.24, 2.45) is 0 Å². The topological polar surface area (TPSA) is 21.7 Å². The summed E-state index contributed by atoms with van der Waals surface area (Å²) >= 11 is 0. The lowest BCUT2D eigenvalue weighted by atomic mass is 9.66. The van der Waals surface area contributed by atoms with E-state index in [4.69, 9.17) is 9.47 Å². The number of anilines is 3. The van der Waals surface area contributed by atoms with Crippen LogP contribution in [0.2, 0.25) is 0 Å². The molecule has 0 N–H and O–H groups in total. The minimum Gasteiger partial charge on any atom is -0.457 e. The van der Waals surface area contributed by atoms with Gasteiger partial charge >= 0.3 is 0 Å². The Balaban J connectivity index is 1.09. The van der Waals surface area contributed by atoms with Crippen molar-refractivity contribution in [3.8, 4) is 56.4 Å². The van der Waals surface area contributed by atoms with Gasteiger partial charge in [-0.15, -0.1) is 0 Å². The van der Waals surface area contributed by atoms with Crippen LogP contribution in [0.5, 0.6) is 23.0 Å². The molecule has 65 heavy (non-hydrogen) atoms. The first-order valence-corrected chi connectivity index (χ1v) is 22.4. The standard InChI is InChI=1S/C62H39NO2/c1-2-19-40(20-3-1)42-21-7-14-32-55(42)63(41-37-38-46-45-24-6-10-27-49(45)62(54(46)39-41)50-28-11-15-34-57(50)64-58-35-16-12-29-51(58)62)56-33-18-31-53-60(56)65-59-36-17-13-30-52(59)61(53)47-25-8-4-22-43(47)44-23-5-9-26-48(44)61/h1-39H. The van der Waals surface area contributed by atoms with Crippen LogP contribution in [0.4, 0.5) is 17.1 Å². The molecule has 0 unspecified atom stereocenters. The molecule has 0 amide bonds. The summed E-state index contributed by atoms with van der Waals surface area (Å²) in [5.74, 6) is 3.43. The minimum atomic E-state index is -0.634. The Bertz CT molecular complexity index is 3500. The predicted octanol–water partition coefficient (Wildman–Crippen LogP) is 15.8. The third kappa shape index (κ3) is 4.74. The molecule has 10 aromatic rings. The molecule has 2 heterocycles. The fraction of sp³-hybridized carbons (Fsp3) is 0.0323. The zero-order valence-electron chi connectivity index (χ0n) is 35.3. The smallest absolute Gasteiger partial charge is 0.156 e. The summed E-state index contributed by atoms with van der Waals surface area (Å²) in [7, 11) is 0. The first-order valence-electron chi connectivity index (χ1n) is 22.4. The molecule has 10 aromatic carbocycles. The van der Waals surface area contributed by atoms with Gasteiger partial charge in [0.05, 0.1) is 22.2 Å². The van der Waals surface area contributed by atoms with Crippen molar-refractivity contribution in [1.29, 1.82) is 0 Å². The van der Waals surface area contributed by atoms with E-state index in [2.05, 4.69) is 241 Å². The van der Waals surface area contributed by atoms with E-state index in [1.807, 2.05) is 0 Å². The lowest BCUT2D eigenvalue weighted by molar-refractivity contribution is 0.436. The quantitative estimate of drug-likeness (QED) is 0.176. The molecule has 0 fully saturated rings. The predicted molar refractivity (Wildman–Crippen MR) is 261 cm³/mol. The van der Waals surface area contributed by atoms with Crippen LogP contribution >= 0.6 is 0 Å². The van der Waals surface area contributed by atoms with Crippen LogP contribution in [-0.4, -0.2) is 0 Å². The van der Waals surface area contributed by atoms with Gasteiger partial charge < -0.3 is 14.4 Å². The number of benzene rings is 10. The van der Waals surface area contributed by atoms with Crippen LogP contribution in [0.1, 0.15) is 44.5 Å². The van der Waals surface area contributed by atoms with Crippen molar-refractivity contribution in [1.82, 2.24) is 0 Å². The largest absolute Gasteiger partial charge is 0.457 e. The van der Waals surface area contributed by atoms with Gasteiger partial charge in [0.1, 0.15) is 17.2 Å². The summed E-state index contributed by atoms with van der Waals surface area (Å²) in [4.78, 5) is 2.45. The minimum absolute atomic E-state index is 0.614. The Kier molecular flexibility index (Phi) is 7.53. The van der Waals surface area contributed by atoms with E-state index in [9.17, 15) is 0 Å². The van der Waals surface area contributed by atoms with Crippen molar-refractivity contribution in [2.45, 2.75) is 10.8 Å². The molecule has 0 aromatic heterocycles. The number of nitrogens with zero attached hydrogens (tertiary/aromatic N) is 1. The Morgan fingerprint density at radius 1 is 0.277 bits per heavy atom. The van der Waals surface area contributed by atoms with Crippen molar-refractivity contribution >= 4 is 17.1 Å². The van der Waals surface area contributed by atoms with Crippen LogP contribution in [0.15, 0.2) is 237 Å². The second-order valence-electron chi connectivity index (χ2n) is 17.4. The molecule has 3 heteroatoms. The third-order valence-corrected chi connectivity index (χ3v) is 14.4. The Hall–Kier alpha value is -8.40. The molecule has 0 saturated heterocycles. The van der Waals surface area contributed by atoms with Crippen molar-refractivity contribution in [3.05, 3.63) is 281 Å². The third-order valence-electron chi connectivity index (χ3n) is 14.4. The number of para-hydroxylation sites is 5. The van der Waals surface area contributed by atoms with Crippen molar-refractivity contribution in [2.75, 3.05) is 4.90 Å². The van der Waals surface area contributed by atoms with Crippen LogP contribution in [0.3, 0.4) is 0 Å². The van der Waals surface area contributed by atoms with Crippen LogP contribution < -0.4 is 14.4 Å². The van der Waals surface area contributed by atoms with E-state index < -0.39 is 10.8 Å². The molecule has 3 nitrogen and oxygen atoms in total. The van der Waals surface area contributed by atoms with Crippen molar-refractivity contribution < 1.29 is 9.47 Å². The van der Waals surface area contributed by atoms with Gasteiger partial charge in [-0.25, -0.2) is 0 Å². The number of rotatable bonds is 4. The highest BCUT2D eigenvalue weighted by Crippen LogP contribution is 2.66. The van der Waals surface area contributed by atoms with Gasteiger partial charge in [0.25, 0.3) is 0 Å². The monoisotopic (exact) mass is 829 g/mol. The average molecular weight is 830 g/mol. The lowest BCUT2D eigenvalue weighted by Crippen LogP contribution is -2.33. The van der Waals surface area contributed by atoms with E-state index in [0.717, 1.165) is 73.4 Å². The molecule has 2 aliphatic carbocycles. The zero-order chi connectivity index (χ0) is 42.7. The summed E-state index contributed by atoms with van der Waals surface area (Å²) in [5, 5.41) is 0. The van der Waals surface area contributed by atoms with E-state index >= 15 is 0 Å². The molecule has 0 atom stereocenters.